The molecule has 0 saturated carbocycles. The van der Waals surface area contributed by atoms with Gasteiger partial charge in [-0.1, -0.05) is 24.3 Å². The third-order valence-electron chi connectivity index (χ3n) is 6.43. The van der Waals surface area contributed by atoms with Crippen molar-refractivity contribution in [3.05, 3.63) is 94.7 Å². The molecule has 34 heavy (non-hydrogen) atoms. The number of hydrogen-bond donors (Lipinski definition) is 1. The van der Waals surface area contributed by atoms with Crippen molar-refractivity contribution in [3.8, 4) is 17.2 Å². The average molecular weight is 454 g/mol. The van der Waals surface area contributed by atoms with Crippen molar-refractivity contribution in [1.82, 2.24) is 19.1 Å². The number of fused-ring (bicyclic) bond motifs is 1. The average Bonchev–Trinajstić information content (AvgIpc) is 3.36. The van der Waals surface area contributed by atoms with Crippen LogP contribution in [0.3, 0.4) is 0 Å². The molecule has 170 valence electrons. The number of amides is 1. The lowest BCUT2D eigenvalue weighted by Gasteiger charge is -2.38. The Bertz CT molecular complexity index is 1450. The Balaban J connectivity index is 1.28. The summed E-state index contributed by atoms with van der Waals surface area (Å²) in [4.78, 5) is 27.6. The Morgan fingerprint density at radius 2 is 1.82 bits per heavy atom. The van der Waals surface area contributed by atoms with Gasteiger partial charge in [-0.25, -0.2) is 4.52 Å². The number of rotatable bonds is 4. The first-order valence-corrected chi connectivity index (χ1v) is 11.1. The molecule has 1 aliphatic rings. The summed E-state index contributed by atoms with van der Waals surface area (Å²) >= 11 is 0. The van der Waals surface area contributed by atoms with Crippen LogP contribution in [0, 0.1) is 11.3 Å². The highest BCUT2D eigenvalue weighted by Gasteiger charge is 2.35. The summed E-state index contributed by atoms with van der Waals surface area (Å²) in [5.74, 6) is -0.0917. The van der Waals surface area contributed by atoms with Crippen molar-refractivity contribution in [3.63, 3.8) is 0 Å². The van der Waals surface area contributed by atoms with Crippen LogP contribution in [0.5, 0.6) is 0 Å². The molecule has 0 unspecified atom stereocenters. The van der Waals surface area contributed by atoms with Crippen LogP contribution in [0.25, 0.3) is 16.6 Å². The molecule has 2 aromatic heterocycles. The van der Waals surface area contributed by atoms with Gasteiger partial charge in [0.05, 0.1) is 23.8 Å². The molecule has 3 heterocycles. The van der Waals surface area contributed by atoms with Gasteiger partial charge in [-0.2, -0.15) is 10.4 Å². The minimum Gasteiger partial charge on any atom is -0.388 e. The molecule has 0 radical (unpaired) electrons. The molecule has 2 aromatic carbocycles. The zero-order valence-electron chi connectivity index (χ0n) is 18.5. The Kier molecular flexibility index (Phi) is 5.48. The third kappa shape index (κ3) is 4.09. The minimum atomic E-state index is -1.09. The molecule has 0 atom stereocenters. The number of hydrogen-bond acceptors (Lipinski definition) is 5. The Hall–Kier alpha value is -4.22. The maximum atomic E-state index is 13.2. The number of aromatic nitrogens is 3. The van der Waals surface area contributed by atoms with E-state index in [-0.39, 0.29) is 18.0 Å². The first-order chi connectivity index (χ1) is 16.5. The van der Waals surface area contributed by atoms with E-state index in [9.17, 15) is 14.7 Å². The monoisotopic (exact) mass is 453 g/mol. The van der Waals surface area contributed by atoms with Crippen molar-refractivity contribution < 1.29 is 9.90 Å². The number of carbonyl (C=O) groups is 1. The number of nitrogens with zero attached hydrogens (tertiary/aromatic N) is 5. The molecule has 1 amide bonds. The minimum absolute atomic E-state index is 0.0917. The molecule has 1 aliphatic heterocycles. The molecular formula is C26H23N5O3. The zero-order valence-corrected chi connectivity index (χ0v) is 18.5. The highest BCUT2D eigenvalue weighted by atomic mass is 16.3. The first-order valence-electron chi connectivity index (χ1n) is 11.1. The Labute approximate surface area is 195 Å². The zero-order chi connectivity index (χ0) is 23.7. The van der Waals surface area contributed by atoms with E-state index in [4.69, 9.17) is 5.26 Å². The van der Waals surface area contributed by atoms with Crippen molar-refractivity contribution in [2.45, 2.75) is 25.0 Å². The van der Waals surface area contributed by atoms with Crippen molar-refractivity contribution in [2.24, 2.45) is 0 Å². The summed E-state index contributed by atoms with van der Waals surface area (Å²) in [6.45, 7) is 0.925. The third-order valence-corrected chi connectivity index (χ3v) is 6.43. The quantitative estimate of drug-likeness (QED) is 0.512. The summed E-state index contributed by atoms with van der Waals surface area (Å²) in [7, 11) is 0. The smallest absolute Gasteiger partial charge is 0.277 e. The van der Waals surface area contributed by atoms with E-state index < -0.39 is 5.60 Å². The van der Waals surface area contributed by atoms with E-state index in [1.54, 1.807) is 41.4 Å². The van der Waals surface area contributed by atoms with Crippen LogP contribution in [-0.4, -0.2) is 48.8 Å². The second kappa shape index (κ2) is 8.61. The largest absolute Gasteiger partial charge is 0.388 e. The fraction of sp³-hybridized carbons (Fsp3) is 0.231. The van der Waals surface area contributed by atoms with Gasteiger partial charge in [-0.3, -0.25) is 14.2 Å². The number of likely N-dealkylation sites (tertiary alicyclic amines) is 1. The molecule has 8 heteroatoms. The number of carbonyl (C=O) groups excluding carboxylic acids is 1. The van der Waals surface area contributed by atoms with Gasteiger partial charge in [0.1, 0.15) is 11.8 Å². The number of aliphatic hydroxyl groups is 1. The Morgan fingerprint density at radius 3 is 2.56 bits per heavy atom. The lowest BCUT2D eigenvalue weighted by Crippen LogP contribution is -2.49. The molecule has 1 saturated heterocycles. The molecule has 0 aliphatic carbocycles. The lowest BCUT2D eigenvalue weighted by molar-refractivity contribution is -0.0300. The fourth-order valence-corrected chi connectivity index (χ4v) is 4.43. The highest BCUT2D eigenvalue weighted by Crippen LogP contribution is 2.26. The SMILES string of the molecule is N#Cc1ccc(-c2cccc(C(=O)N3CCC(O)(Cn4cnn5cccc5c4=O)CC3)c2)cc1. The van der Waals surface area contributed by atoms with Crippen molar-refractivity contribution in [2.75, 3.05) is 13.1 Å². The van der Waals surface area contributed by atoms with Crippen LogP contribution in [0.2, 0.25) is 0 Å². The van der Waals surface area contributed by atoms with Crippen LogP contribution < -0.4 is 5.56 Å². The van der Waals surface area contributed by atoms with Crippen LogP contribution in [0.4, 0.5) is 0 Å². The van der Waals surface area contributed by atoms with E-state index in [2.05, 4.69) is 11.2 Å². The van der Waals surface area contributed by atoms with Gasteiger partial charge in [0, 0.05) is 24.8 Å². The Morgan fingerprint density at radius 1 is 1.06 bits per heavy atom. The normalized spacial score (nSPS) is 15.2. The van der Waals surface area contributed by atoms with Gasteiger partial charge in [0.25, 0.3) is 11.5 Å². The van der Waals surface area contributed by atoms with E-state index >= 15 is 0 Å². The molecule has 0 bridgehead atoms. The van der Waals surface area contributed by atoms with Crippen LogP contribution >= 0.6 is 0 Å². The molecule has 5 rings (SSSR count). The van der Waals surface area contributed by atoms with Crippen molar-refractivity contribution in [1.29, 1.82) is 5.26 Å². The van der Waals surface area contributed by atoms with Crippen LogP contribution in [0.15, 0.2) is 78.0 Å². The number of nitriles is 1. The highest BCUT2D eigenvalue weighted by molar-refractivity contribution is 5.95. The molecule has 1 N–H and O–H groups in total. The number of benzene rings is 2. The summed E-state index contributed by atoms with van der Waals surface area (Å²) in [6, 6.07) is 20.2. The maximum absolute atomic E-state index is 13.2. The molecular weight excluding hydrogens is 430 g/mol. The second-order valence-corrected chi connectivity index (χ2v) is 8.69. The summed E-state index contributed by atoms with van der Waals surface area (Å²) in [6.07, 6.45) is 3.88. The standard InChI is InChI=1S/C26H23N5O3/c27-16-19-6-8-20(9-7-19)21-3-1-4-22(15-21)24(32)29-13-10-26(34,11-14-29)17-30-18-28-31-12-2-5-23(31)25(30)33/h1-9,12,15,18,34H,10-11,13-14,17H2. The number of piperidine rings is 1. The second-order valence-electron chi connectivity index (χ2n) is 8.69. The van der Waals surface area contributed by atoms with Crippen LogP contribution in [0.1, 0.15) is 28.8 Å². The maximum Gasteiger partial charge on any atom is 0.277 e. The summed E-state index contributed by atoms with van der Waals surface area (Å²) in [5, 5.41) is 24.3. The topological polar surface area (TPSA) is 104 Å². The van der Waals surface area contributed by atoms with Gasteiger partial charge in [0.2, 0.25) is 0 Å². The molecule has 8 nitrogen and oxygen atoms in total. The predicted octanol–water partition coefficient (Wildman–Crippen LogP) is 2.70. The molecule has 0 spiro atoms. The molecule has 1 fully saturated rings. The van der Waals surface area contributed by atoms with Gasteiger partial charge in [-0.15, -0.1) is 0 Å². The molecule has 4 aromatic rings. The summed E-state index contributed by atoms with van der Waals surface area (Å²) < 4.78 is 2.95. The lowest BCUT2D eigenvalue weighted by atomic mass is 9.90. The van der Waals surface area contributed by atoms with Crippen molar-refractivity contribution >= 4 is 11.4 Å². The van der Waals surface area contributed by atoms with Gasteiger partial charge in [0.15, 0.2) is 0 Å². The van der Waals surface area contributed by atoms with Gasteiger partial charge in [-0.05, 0) is 60.4 Å². The van der Waals surface area contributed by atoms with E-state index in [1.807, 2.05) is 30.3 Å². The van der Waals surface area contributed by atoms with E-state index in [1.165, 1.54) is 15.4 Å². The van der Waals surface area contributed by atoms with E-state index in [0.29, 0.717) is 42.6 Å². The van der Waals surface area contributed by atoms with Crippen LogP contribution in [-0.2, 0) is 6.54 Å². The summed E-state index contributed by atoms with van der Waals surface area (Å²) in [5.41, 5.74) is 2.16. The van der Waals surface area contributed by atoms with Gasteiger partial charge < -0.3 is 10.0 Å². The van der Waals surface area contributed by atoms with Gasteiger partial charge >= 0.3 is 0 Å². The first kappa shape index (κ1) is 21.6. The fourth-order valence-electron chi connectivity index (χ4n) is 4.43. The predicted molar refractivity (Wildman–Crippen MR) is 126 cm³/mol. The van der Waals surface area contributed by atoms with E-state index in [0.717, 1.165) is 11.1 Å².